The Kier molecular flexibility index (Phi) is 4.71. The second-order valence-electron chi connectivity index (χ2n) is 4.17. The fourth-order valence-corrected chi connectivity index (χ4v) is 2.04. The van der Waals surface area contributed by atoms with Crippen molar-refractivity contribution in [1.29, 1.82) is 0 Å². The lowest BCUT2D eigenvalue weighted by Gasteiger charge is -2.07. The molecule has 2 aromatic rings. The first kappa shape index (κ1) is 13.8. The molecular formula is C14H16ClN3O. The minimum atomic E-state index is 0.625. The first-order chi connectivity index (χ1) is 9.19. The number of aromatic nitrogens is 2. The van der Waals surface area contributed by atoms with Gasteiger partial charge in [-0.15, -0.1) is 0 Å². The van der Waals surface area contributed by atoms with Gasteiger partial charge in [-0.2, -0.15) is 0 Å². The summed E-state index contributed by atoms with van der Waals surface area (Å²) < 4.78 is 5.12. The van der Waals surface area contributed by atoms with Gasteiger partial charge in [-0.25, -0.2) is 9.97 Å². The van der Waals surface area contributed by atoms with Crippen LogP contribution < -0.4 is 10.1 Å². The van der Waals surface area contributed by atoms with E-state index in [1.165, 1.54) is 0 Å². The molecule has 1 N–H and O–H groups in total. The second-order valence-corrected chi connectivity index (χ2v) is 4.57. The molecule has 0 saturated carbocycles. The monoisotopic (exact) mass is 277 g/mol. The van der Waals surface area contributed by atoms with E-state index in [0.717, 1.165) is 23.6 Å². The number of ether oxygens (including phenoxy) is 1. The van der Waals surface area contributed by atoms with Gasteiger partial charge in [-0.3, -0.25) is 0 Å². The van der Waals surface area contributed by atoms with Gasteiger partial charge in [0.15, 0.2) is 0 Å². The number of hydrogen-bond acceptors (Lipinski definition) is 4. The van der Waals surface area contributed by atoms with E-state index >= 15 is 0 Å². The molecule has 0 saturated heterocycles. The Labute approximate surface area is 117 Å². The summed E-state index contributed by atoms with van der Waals surface area (Å²) in [5.74, 6) is 1.48. The maximum Gasteiger partial charge on any atom is 0.137 e. The summed E-state index contributed by atoms with van der Waals surface area (Å²) in [5, 5.41) is 3.94. The summed E-state index contributed by atoms with van der Waals surface area (Å²) in [6.07, 6.45) is 1.77. The van der Waals surface area contributed by atoms with Gasteiger partial charge in [0.25, 0.3) is 0 Å². The number of rotatable bonds is 5. The quantitative estimate of drug-likeness (QED) is 0.913. The molecule has 0 spiro atoms. The van der Waals surface area contributed by atoms with Crippen LogP contribution in [0.2, 0.25) is 5.02 Å². The third-order valence-corrected chi connectivity index (χ3v) is 2.98. The summed E-state index contributed by atoms with van der Waals surface area (Å²) in [7, 11) is 1.61. The summed E-state index contributed by atoms with van der Waals surface area (Å²) in [4.78, 5) is 8.40. The maximum atomic E-state index is 6.07. The van der Waals surface area contributed by atoms with Crippen LogP contribution in [-0.2, 0) is 13.1 Å². The summed E-state index contributed by atoms with van der Waals surface area (Å²) in [6.45, 7) is 3.31. The lowest BCUT2D eigenvalue weighted by molar-refractivity contribution is 0.415. The summed E-state index contributed by atoms with van der Waals surface area (Å²) in [5.41, 5.74) is 2.09. The molecule has 1 aromatic heterocycles. The first-order valence-corrected chi connectivity index (χ1v) is 6.38. The predicted molar refractivity (Wildman–Crippen MR) is 75.3 cm³/mol. The Morgan fingerprint density at radius 3 is 2.79 bits per heavy atom. The highest BCUT2D eigenvalue weighted by molar-refractivity contribution is 6.32. The number of halogens is 1. The lowest BCUT2D eigenvalue weighted by atomic mass is 10.2. The average molecular weight is 278 g/mol. The van der Waals surface area contributed by atoms with Gasteiger partial charge >= 0.3 is 0 Å². The number of methoxy groups -OCH3 is 1. The predicted octanol–water partition coefficient (Wildman–Crippen LogP) is 2.74. The van der Waals surface area contributed by atoms with Crippen LogP contribution in [-0.4, -0.2) is 17.1 Å². The van der Waals surface area contributed by atoms with Gasteiger partial charge in [-0.1, -0.05) is 17.7 Å². The van der Waals surface area contributed by atoms with Crippen molar-refractivity contribution in [2.45, 2.75) is 20.0 Å². The van der Waals surface area contributed by atoms with E-state index in [4.69, 9.17) is 16.3 Å². The molecule has 0 aliphatic rings. The zero-order valence-corrected chi connectivity index (χ0v) is 11.7. The van der Waals surface area contributed by atoms with Crippen molar-refractivity contribution >= 4 is 11.6 Å². The molecule has 0 unspecified atom stereocenters. The molecule has 0 atom stereocenters. The Hall–Kier alpha value is -1.65. The largest absolute Gasteiger partial charge is 0.495 e. The highest BCUT2D eigenvalue weighted by Gasteiger charge is 2.02. The molecule has 0 aliphatic carbocycles. The molecule has 4 nitrogen and oxygen atoms in total. The van der Waals surface area contributed by atoms with E-state index < -0.39 is 0 Å². The zero-order valence-electron chi connectivity index (χ0n) is 11.0. The van der Waals surface area contributed by atoms with Crippen LogP contribution in [0.4, 0.5) is 0 Å². The standard InChI is InChI=1S/C14H16ClN3O/c1-10-17-6-5-12(18-10)9-16-8-11-3-4-14(19-2)13(15)7-11/h3-7,16H,8-9H2,1-2H3. The summed E-state index contributed by atoms with van der Waals surface area (Å²) >= 11 is 6.07. The average Bonchev–Trinajstić information content (AvgIpc) is 2.39. The normalized spacial score (nSPS) is 10.5. The van der Waals surface area contributed by atoms with Crippen molar-refractivity contribution < 1.29 is 4.74 Å². The number of aryl methyl sites for hydroxylation is 1. The Balaban J connectivity index is 1.90. The summed E-state index contributed by atoms with van der Waals surface area (Å²) in [6, 6.07) is 7.66. The molecule has 19 heavy (non-hydrogen) atoms. The van der Waals surface area contributed by atoms with Crippen molar-refractivity contribution in [3.63, 3.8) is 0 Å². The topological polar surface area (TPSA) is 47.0 Å². The van der Waals surface area contributed by atoms with Crippen LogP contribution in [0.3, 0.4) is 0 Å². The third kappa shape index (κ3) is 3.91. The number of hydrogen-bond donors (Lipinski definition) is 1. The van der Waals surface area contributed by atoms with Crippen molar-refractivity contribution in [2.75, 3.05) is 7.11 Å². The minimum absolute atomic E-state index is 0.625. The molecule has 0 aliphatic heterocycles. The van der Waals surface area contributed by atoms with Gasteiger partial charge in [0.2, 0.25) is 0 Å². The molecule has 1 aromatic carbocycles. The zero-order chi connectivity index (χ0) is 13.7. The molecule has 5 heteroatoms. The lowest BCUT2D eigenvalue weighted by Crippen LogP contribution is -2.14. The molecular weight excluding hydrogens is 262 g/mol. The van der Waals surface area contributed by atoms with E-state index in [1.54, 1.807) is 13.3 Å². The number of nitrogens with one attached hydrogen (secondary N) is 1. The number of benzene rings is 1. The van der Waals surface area contributed by atoms with Crippen LogP contribution in [0.15, 0.2) is 30.5 Å². The molecule has 0 radical (unpaired) electrons. The second kappa shape index (κ2) is 6.50. The molecule has 0 bridgehead atoms. The highest BCUT2D eigenvalue weighted by atomic mass is 35.5. The van der Waals surface area contributed by atoms with E-state index in [9.17, 15) is 0 Å². The smallest absolute Gasteiger partial charge is 0.137 e. The third-order valence-electron chi connectivity index (χ3n) is 2.69. The Morgan fingerprint density at radius 2 is 2.11 bits per heavy atom. The molecule has 1 heterocycles. The van der Waals surface area contributed by atoms with Crippen LogP contribution >= 0.6 is 11.6 Å². The van der Waals surface area contributed by atoms with Crippen molar-refractivity contribution in [2.24, 2.45) is 0 Å². The Morgan fingerprint density at radius 1 is 1.26 bits per heavy atom. The SMILES string of the molecule is COc1ccc(CNCc2ccnc(C)n2)cc1Cl. The molecule has 100 valence electrons. The van der Waals surface area contributed by atoms with Crippen LogP contribution in [0, 0.1) is 6.92 Å². The van der Waals surface area contributed by atoms with Crippen molar-refractivity contribution in [3.8, 4) is 5.75 Å². The van der Waals surface area contributed by atoms with E-state index in [2.05, 4.69) is 15.3 Å². The van der Waals surface area contributed by atoms with E-state index in [0.29, 0.717) is 17.3 Å². The van der Waals surface area contributed by atoms with Crippen molar-refractivity contribution in [3.05, 3.63) is 52.6 Å². The first-order valence-electron chi connectivity index (χ1n) is 6.00. The van der Waals surface area contributed by atoms with Crippen LogP contribution in [0.5, 0.6) is 5.75 Å². The van der Waals surface area contributed by atoms with Gasteiger partial charge in [0, 0.05) is 19.3 Å². The van der Waals surface area contributed by atoms with E-state index in [-0.39, 0.29) is 0 Å². The van der Waals surface area contributed by atoms with E-state index in [1.807, 2.05) is 31.2 Å². The molecule has 0 fully saturated rings. The molecule has 0 amide bonds. The van der Waals surface area contributed by atoms with Gasteiger partial charge in [-0.05, 0) is 30.7 Å². The fraction of sp³-hybridized carbons (Fsp3) is 0.286. The van der Waals surface area contributed by atoms with Gasteiger partial charge in [0.05, 0.1) is 17.8 Å². The fourth-order valence-electron chi connectivity index (χ4n) is 1.76. The van der Waals surface area contributed by atoms with Gasteiger partial charge < -0.3 is 10.1 Å². The van der Waals surface area contributed by atoms with Crippen molar-refractivity contribution in [1.82, 2.24) is 15.3 Å². The molecule has 2 rings (SSSR count). The minimum Gasteiger partial charge on any atom is -0.495 e. The number of nitrogens with zero attached hydrogens (tertiary/aromatic N) is 2. The maximum absolute atomic E-state index is 6.07. The Bertz CT molecular complexity index is 560. The van der Waals surface area contributed by atoms with Gasteiger partial charge in [0.1, 0.15) is 11.6 Å². The van der Waals surface area contributed by atoms with Crippen LogP contribution in [0.1, 0.15) is 17.1 Å². The van der Waals surface area contributed by atoms with Crippen LogP contribution in [0.25, 0.3) is 0 Å². The highest BCUT2D eigenvalue weighted by Crippen LogP contribution is 2.24.